The van der Waals surface area contributed by atoms with Crippen molar-refractivity contribution in [2.45, 2.75) is 52.1 Å². The molecule has 0 aromatic heterocycles. The molecule has 0 heterocycles. The summed E-state index contributed by atoms with van der Waals surface area (Å²) in [4.78, 5) is 22.6. The third-order valence-electron chi connectivity index (χ3n) is 3.13. The van der Waals surface area contributed by atoms with Crippen molar-refractivity contribution in [2.24, 2.45) is 11.8 Å². The van der Waals surface area contributed by atoms with Crippen LogP contribution in [0.15, 0.2) is 0 Å². The summed E-state index contributed by atoms with van der Waals surface area (Å²) in [5, 5.41) is 11.8. The number of nitrogens with one attached hydrogen (secondary N) is 1. The predicted molar refractivity (Wildman–Crippen MR) is 67.3 cm³/mol. The highest BCUT2D eigenvalue weighted by Crippen LogP contribution is 2.29. The molecule has 0 unspecified atom stereocenters. The zero-order valence-corrected chi connectivity index (χ0v) is 11.4. The Balaban J connectivity index is 2.41. The van der Waals surface area contributed by atoms with Gasteiger partial charge in [0.25, 0.3) is 0 Å². The van der Waals surface area contributed by atoms with Crippen LogP contribution >= 0.6 is 0 Å². The molecule has 2 atom stereocenters. The van der Waals surface area contributed by atoms with E-state index in [4.69, 9.17) is 9.84 Å². The van der Waals surface area contributed by atoms with Crippen molar-refractivity contribution < 1.29 is 19.4 Å². The Labute approximate surface area is 108 Å². The van der Waals surface area contributed by atoms with Gasteiger partial charge in [0.15, 0.2) is 0 Å². The van der Waals surface area contributed by atoms with Gasteiger partial charge in [-0.1, -0.05) is 12.8 Å². The van der Waals surface area contributed by atoms with Crippen LogP contribution in [0.5, 0.6) is 0 Å². The SMILES string of the molecule is CC(C)(C)OC(=O)NC[C@H]1CCCC[C@H]1C(=O)O. The molecule has 5 heteroatoms. The van der Waals surface area contributed by atoms with Gasteiger partial charge in [-0.15, -0.1) is 0 Å². The van der Waals surface area contributed by atoms with Crippen LogP contribution in [0.3, 0.4) is 0 Å². The van der Waals surface area contributed by atoms with E-state index in [1.165, 1.54) is 0 Å². The van der Waals surface area contributed by atoms with Gasteiger partial charge in [-0.2, -0.15) is 0 Å². The maximum Gasteiger partial charge on any atom is 0.407 e. The summed E-state index contributed by atoms with van der Waals surface area (Å²) >= 11 is 0. The van der Waals surface area contributed by atoms with Crippen LogP contribution in [0.4, 0.5) is 4.79 Å². The van der Waals surface area contributed by atoms with Crippen molar-refractivity contribution in [3.63, 3.8) is 0 Å². The third kappa shape index (κ3) is 4.94. The van der Waals surface area contributed by atoms with E-state index in [9.17, 15) is 9.59 Å². The first-order valence-corrected chi connectivity index (χ1v) is 6.49. The summed E-state index contributed by atoms with van der Waals surface area (Å²) in [5.74, 6) is -1.08. The molecule has 0 saturated heterocycles. The first-order chi connectivity index (χ1) is 8.29. The van der Waals surface area contributed by atoms with Crippen LogP contribution in [0.2, 0.25) is 0 Å². The molecule has 1 aliphatic rings. The molecule has 0 aromatic rings. The monoisotopic (exact) mass is 257 g/mol. The average Bonchev–Trinajstić information content (AvgIpc) is 2.24. The minimum Gasteiger partial charge on any atom is -0.481 e. The van der Waals surface area contributed by atoms with E-state index in [2.05, 4.69) is 5.32 Å². The van der Waals surface area contributed by atoms with E-state index in [0.717, 1.165) is 19.3 Å². The quantitative estimate of drug-likeness (QED) is 0.814. The minimum atomic E-state index is -0.759. The van der Waals surface area contributed by atoms with Crippen LogP contribution in [0.1, 0.15) is 46.5 Å². The number of carbonyl (C=O) groups is 2. The highest BCUT2D eigenvalue weighted by molar-refractivity contribution is 5.71. The number of carboxylic acids is 1. The Morgan fingerprint density at radius 2 is 1.89 bits per heavy atom. The summed E-state index contributed by atoms with van der Waals surface area (Å²) in [6, 6.07) is 0. The smallest absolute Gasteiger partial charge is 0.407 e. The number of amides is 1. The van der Waals surface area contributed by atoms with Gasteiger partial charge in [0.1, 0.15) is 5.60 Å². The van der Waals surface area contributed by atoms with Crippen LogP contribution in [0.25, 0.3) is 0 Å². The Bertz CT molecular complexity index is 309. The fourth-order valence-corrected chi connectivity index (χ4v) is 2.31. The van der Waals surface area contributed by atoms with Gasteiger partial charge < -0.3 is 15.2 Å². The number of ether oxygens (including phenoxy) is 1. The number of aliphatic carboxylic acids is 1. The largest absolute Gasteiger partial charge is 0.481 e. The van der Waals surface area contributed by atoms with Gasteiger partial charge in [0.2, 0.25) is 0 Å². The lowest BCUT2D eigenvalue weighted by Crippen LogP contribution is -2.39. The lowest BCUT2D eigenvalue weighted by molar-refractivity contribution is -0.144. The topological polar surface area (TPSA) is 75.6 Å². The third-order valence-corrected chi connectivity index (χ3v) is 3.13. The lowest BCUT2D eigenvalue weighted by atomic mass is 9.79. The van der Waals surface area contributed by atoms with Gasteiger partial charge in [0.05, 0.1) is 5.92 Å². The van der Waals surface area contributed by atoms with Crippen molar-refractivity contribution in [1.82, 2.24) is 5.32 Å². The molecule has 1 saturated carbocycles. The molecule has 0 aromatic carbocycles. The molecule has 0 spiro atoms. The van der Waals surface area contributed by atoms with Crippen molar-refractivity contribution in [3.8, 4) is 0 Å². The summed E-state index contributed by atoms with van der Waals surface area (Å²) in [5.41, 5.74) is -0.525. The summed E-state index contributed by atoms with van der Waals surface area (Å²) in [6.45, 7) is 5.78. The predicted octanol–water partition coefficient (Wildman–Crippen LogP) is 2.40. The molecular weight excluding hydrogens is 234 g/mol. The normalized spacial score (nSPS) is 24.4. The van der Waals surface area contributed by atoms with Crippen LogP contribution in [-0.4, -0.2) is 29.3 Å². The van der Waals surface area contributed by atoms with E-state index in [1.54, 1.807) is 20.8 Å². The average molecular weight is 257 g/mol. The van der Waals surface area contributed by atoms with Crippen LogP contribution in [-0.2, 0) is 9.53 Å². The molecule has 1 fully saturated rings. The standard InChI is InChI=1S/C13H23NO4/c1-13(2,3)18-12(17)14-8-9-6-4-5-7-10(9)11(15)16/h9-10H,4-8H2,1-3H3,(H,14,17)(H,15,16)/t9-,10-/m1/s1. The lowest BCUT2D eigenvalue weighted by Gasteiger charge is -2.29. The van der Waals surface area contributed by atoms with E-state index in [-0.39, 0.29) is 11.8 Å². The van der Waals surface area contributed by atoms with Crippen LogP contribution in [0, 0.1) is 11.8 Å². The Morgan fingerprint density at radius 1 is 1.28 bits per heavy atom. The minimum absolute atomic E-state index is 0.0174. The van der Waals surface area contributed by atoms with E-state index in [1.807, 2.05) is 0 Å². The second-order valence-electron chi connectivity index (χ2n) is 5.87. The van der Waals surface area contributed by atoms with Crippen molar-refractivity contribution in [3.05, 3.63) is 0 Å². The number of hydrogen-bond donors (Lipinski definition) is 2. The van der Waals surface area contributed by atoms with Gasteiger partial charge in [-0.3, -0.25) is 4.79 Å². The highest BCUT2D eigenvalue weighted by Gasteiger charge is 2.31. The maximum absolute atomic E-state index is 11.5. The Hall–Kier alpha value is -1.26. The molecule has 0 radical (unpaired) electrons. The molecule has 1 amide bonds. The summed E-state index contributed by atoms with van der Waals surface area (Å²) in [6.07, 6.45) is 3.07. The first-order valence-electron chi connectivity index (χ1n) is 6.49. The zero-order chi connectivity index (χ0) is 13.8. The number of carbonyl (C=O) groups excluding carboxylic acids is 1. The summed E-state index contributed by atoms with van der Waals surface area (Å²) in [7, 11) is 0. The second-order valence-corrected chi connectivity index (χ2v) is 5.87. The van der Waals surface area contributed by atoms with E-state index < -0.39 is 17.7 Å². The van der Waals surface area contributed by atoms with E-state index in [0.29, 0.717) is 13.0 Å². The maximum atomic E-state index is 11.5. The van der Waals surface area contributed by atoms with Crippen molar-refractivity contribution in [2.75, 3.05) is 6.54 Å². The molecule has 5 nitrogen and oxygen atoms in total. The first kappa shape index (κ1) is 14.8. The highest BCUT2D eigenvalue weighted by atomic mass is 16.6. The number of alkyl carbamates (subject to hydrolysis) is 1. The Morgan fingerprint density at radius 3 is 2.44 bits per heavy atom. The fraction of sp³-hybridized carbons (Fsp3) is 0.846. The number of rotatable bonds is 3. The number of hydrogen-bond acceptors (Lipinski definition) is 3. The fourth-order valence-electron chi connectivity index (χ4n) is 2.31. The molecule has 18 heavy (non-hydrogen) atoms. The number of carboxylic acid groups (broad SMARTS) is 1. The van der Waals surface area contributed by atoms with Gasteiger partial charge >= 0.3 is 12.1 Å². The van der Waals surface area contributed by atoms with Crippen molar-refractivity contribution in [1.29, 1.82) is 0 Å². The molecule has 0 bridgehead atoms. The van der Waals surface area contributed by atoms with E-state index >= 15 is 0 Å². The molecule has 1 aliphatic carbocycles. The van der Waals surface area contributed by atoms with Crippen LogP contribution < -0.4 is 5.32 Å². The zero-order valence-electron chi connectivity index (χ0n) is 11.4. The Kier molecular flexibility index (Phi) is 4.99. The van der Waals surface area contributed by atoms with Gasteiger partial charge in [0, 0.05) is 6.54 Å². The molecule has 2 N–H and O–H groups in total. The molecule has 1 rings (SSSR count). The van der Waals surface area contributed by atoms with Gasteiger partial charge in [-0.05, 0) is 39.5 Å². The van der Waals surface area contributed by atoms with Gasteiger partial charge in [-0.25, -0.2) is 4.79 Å². The summed E-state index contributed by atoms with van der Waals surface area (Å²) < 4.78 is 5.13. The second kappa shape index (κ2) is 6.07. The van der Waals surface area contributed by atoms with Crippen molar-refractivity contribution >= 4 is 12.1 Å². The molecule has 104 valence electrons. The molecule has 0 aliphatic heterocycles. The molecular formula is C13H23NO4.